The summed E-state index contributed by atoms with van der Waals surface area (Å²) >= 11 is 0. The van der Waals surface area contributed by atoms with Crippen molar-refractivity contribution in [3.05, 3.63) is 51.9 Å². The summed E-state index contributed by atoms with van der Waals surface area (Å²) in [6, 6.07) is 6.09. The van der Waals surface area contributed by atoms with E-state index < -0.39 is 11.5 Å². The summed E-state index contributed by atoms with van der Waals surface area (Å²) in [6.45, 7) is 4.85. The van der Waals surface area contributed by atoms with Crippen LogP contribution in [0.3, 0.4) is 0 Å². The first-order valence-corrected chi connectivity index (χ1v) is 8.89. The number of aryl methyl sites for hydroxylation is 1. The highest BCUT2D eigenvalue weighted by Gasteiger charge is 2.18. The zero-order valence-corrected chi connectivity index (χ0v) is 16.7. The summed E-state index contributed by atoms with van der Waals surface area (Å²) in [6.07, 6.45) is 1.47. The van der Waals surface area contributed by atoms with Crippen molar-refractivity contribution < 1.29 is 19.1 Å². The van der Waals surface area contributed by atoms with Gasteiger partial charge < -0.3 is 24.3 Å². The van der Waals surface area contributed by atoms with Crippen LogP contribution >= 0.6 is 0 Å². The summed E-state index contributed by atoms with van der Waals surface area (Å²) in [4.78, 5) is 39.3. The van der Waals surface area contributed by atoms with E-state index in [0.717, 1.165) is 0 Å². The Morgan fingerprint density at radius 1 is 1.04 bits per heavy atom. The van der Waals surface area contributed by atoms with Crippen molar-refractivity contribution in [3.8, 4) is 11.5 Å². The highest BCUT2D eigenvalue weighted by atomic mass is 16.5. The molecule has 0 unspecified atom stereocenters. The standard InChI is InChI=1S/C20H25N3O5/c1-6-23(7-2)19(25)14-10-15(20(26)22(3)12-14)21-18(24)13-8-9-16(27-4)17(11-13)28-5/h8-12H,6-7H2,1-5H3,(H,21,24). The van der Waals surface area contributed by atoms with Gasteiger partial charge in [-0.15, -0.1) is 0 Å². The first-order valence-electron chi connectivity index (χ1n) is 8.89. The minimum absolute atomic E-state index is 0.0280. The average molecular weight is 387 g/mol. The fourth-order valence-corrected chi connectivity index (χ4v) is 2.78. The number of ether oxygens (including phenoxy) is 2. The lowest BCUT2D eigenvalue weighted by Crippen LogP contribution is -2.32. The Labute approximate surface area is 163 Å². The molecule has 0 atom stereocenters. The molecule has 8 nitrogen and oxygen atoms in total. The van der Waals surface area contributed by atoms with Crippen LogP contribution in [0.5, 0.6) is 11.5 Å². The van der Waals surface area contributed by atoms with E-state index in [9.17, 15) is 14.4 Å². The third-order valence-corrected chi connectivity index (χ3v) is 4.37. The van der Waals surface area contributed by atoms with Crippen LogP contribution in [0.1, 0.15) is 34.6 Å². The quantitative estimate of drug-likeness (QED) is 0.786. The molecule has 0 bridgehead atoms. The van der Waals surface area contributed by atoms with E-state index in [2.05, 4.69) is 5.32 Å². The first kappa shape index (κ1) is 21.0. The van der Waals surface area contributed by atoms with Gasteiger partial charge in [0.1, 0.15) is 5.69 Å². The molecule has 2 amide bonds. The molecule has 0 saturated carbocycles. The molecular formula is C20H25N3O5. The monoisotopic (exact) mass is 387 g/mol. The smallest absolute Gasteiger partial charge is 0.274 e. The molecular weight excluding hydrogens is 362 g/mol. The summed E-state index contributed by atoms with van der Waals surface area (Å²) in [5.41, 5.74) is 0.235. The molecule has 1 aromatic carbocycles. The van der Waals surface area contributed by atoms with Crippen LogP contribution < -0.4 is 20.3 Å². The van der Waals surface area contributed by atoms with Crippen molar-refractivity contribution in [1.29, 1.82) is 0 Å². The third kappa shape index (κ3) is 4.33. The van der Waals surface area contributed by atoms with Crippen molar-refractivity contribution in [1.82, 2.24) is 9.47 Å². The number of nitrogens with zero attached hydrogens (tertiary/aromatic N) is 2. The Morgan fingerprint density at radius 3 is 2.25 bits per heavy atom. The van der Waals surface area contributed by atoms with E-state index in [4.69, 9.17) is 9.47 Å². The first-order chi connectivity index (χ1) is 13.4. The van der Waals surface area contributed by atoms with Gasteiger partial charge in [-0.25, -0.2) is 0 Å². The summed E-state index contributed by atoms with van der Waals surface area (Å²) in [5.74, 6) is 0.183. The Bertz CT molecular complexity index is 932. The molecule has 0 radical (unpaired) electrons. The van der Waals surface area contributed by atoms with Gasteiger partial charge in [-0.1, -0.05) is 0 Å². The zero-order chi connectivity index (χ0) is 20.8. The summed E-state index contributed by atoms with van der Waals surface area (Å²) < 4.78 is 11.6. The molecule has 2 rings (SSSR count). The molecule has 0 saturated heterocycles. The number of benzene rings is 1. The van der Waals surface area contributed by atoms with Crippen molar-refractivity contribution in [2.24, 2.45) is 7.05 Å². The molecule has 1 aromatic heterocycles. The molecule has 0 spiro atoms. The highest BCUT2D eigenvalue weighted by molar-refractivity contribution is 6.05. The number of carbonyl (C=O) groups excluding carboxylic acids is 2. The number of carbonyl (C=O) groups is 2. The molecule has 8 heteroatoms. The Kier molecular flexibility index (Phi) is 6.81. The second-order valence-corrected chi connectivity index (χ2v) is 6.06. The van der Waals surface area contributed by atoms with E-state index >= 15 is 0 Å². The number of rotatable bonds is 7. The van der Waals surface area contributed by atoms with Crippen molar-refractivity contribution >= 4 is 17.5 Å². The van der Waals surface area contributed by atoms with Gasteiger partial charge in [0.05, 0.1) is 19.8 Å². The van der Waals surface area contributed by atoms with Crippen LogP contribution in [0.2, 0.25) is 0 Å². The van der Waals surface area contributed by atoms with Gasteiger partial charge in [0.15, 0.2) is 11.5 Å². The number of hydrogen-bond donors (Lipinski definition) is 1. The van der Waals surface area contributed by atoms with Crippen molar-refractivity contribution in [3.63, 3.8) is 0 Å². The van der Waals surface area contributed by atoms with Crippen LogP contribution in [0.15, 0.2) is 35.3 Å². The Hall–Kier alpha value is -3.29. The number of anilines is 1. The van der Waals surface area contributed by atoms with Crippen molar-refractivity contribution in [2.75, 3.05) is 32.6 Å². The molecule has 1 N–H and O–H groups in total. The lowest BCUT2D eigenvalue weighted by atomic mass is 10.1. The number of methoxy groups -OCH3 is 2. The third-order valence-electron chi connectivity index (χ3n) is 4.37. The van der Waals surface area contributed by atoms with Crippen LogP contribution in [0, 0.1) is 0 Å². The Morgan fingerprint density at radius 2 is 1.68 bits per heavy atom. The predicted molar refractivity (Wildman–Crippen MR) is 106 cm³/mol. The molecule has 0 fully saturated rings. The largest absolute Gasteiger partial charge is 0.493 e. The van der Waals surface area contributed by atoms with Crippen molar-refractivity contribution in [2.45, 2.75) is 13.8 Å². The molecule has 0 aliphatic heterocycles. The number of pyridine rings is 1. The fourth-order valence-electron chi connectivity index (χ4n) is 2.78. The maximum Gasteiger partial charge on any atom is 0.274 e. The van der Waals surface area contributed by atoms with Gasteiger partial charge in [0.2, 0.25) is 0 Å². The van der Waals surface area contributed by atoms with Crippen LogP contribution in [-0.2, 0) is 7.05 Å². The van der Waals surface area contributed by atoms with Gasteiger partial charge in [0.25, 0.3) is 17.4 Å². The fraction of sp³-hybridized carbons (Fsp3) is 0.350. The number of amides is 2. The van der Waals surface area contributed by atoms with E-state index in [0.29, 0.717) is 35.7 Å². The second-order valence-electron chi connectivity index (χ2n) is 6.06. The minimum Gasteiger partial charge on any atom is -0.493 e. The lowest BCUT2D eigenvalue weighted by molar-refractivity contribution is 0.0771. The van der Waals surface area contributed by atoms with Gasteiger partial charge in [-0.3, -0.25) is 14.4 Å². The topological polar surface area (TPSA) is 89.9 Å². The van der Waals surface area contributed by atoms with Gasteiger partial charge in [-0.2, -0.15) is 0 Å². The average Bonchev–Trinajstić information content (AvgIpc) is 2.71. The van der Waals surface area contributed by atoms with Gasteiger partial charge >= 0.3 is 0 Å². The summed E-state index contributed by atoms with van der Waals surface area (Å²) in [7, 11) is 4.50. The number of hydrogen-bond acceptors (Lipinski definition) is 5. The molecule has 0 aliphatic rings. The summed E-state index contributed by atoms with van der Waals surface area (Å²) in [5, 5.41) is 2.59. The maximum atomic E-state index is 12.6. The lowest BCUT2D eigenvalue weighted by Gasteiger charge is -2.19. The van der Waals surface area contributed by atoms with Crippen LogP contribution in [0.4, 0.5) is 5.69 Å². The molecule has 0 aliphatic carbocycles. The Balaban J connectivity index is 2.36. The SMILES string of the molecule is CCN(CC)C(=O)c1cc(NC(=O)c2ccc(OC)c(OC)c2)c(=O)n(C)c1. The number of aromatic nitrogens is 1. The van der Waals surface area contributed by atoms with Crippen LogP contribution in [0.25, 0.3) is 0 Å². The second kappa shape index (κ2) is 9.07. The highest BCUT2D eigenvalue weighted by Crippen LogP contribution is 2.27. The zero-order valence-electron chi connectivity index (χ0n) is 16.7. The predicted octanol–water partition coefficient (Wildman–Crippen LogP) is 2.14. The van der Waals surface area contributed by atoms with E-state index in [1.165, 1.54) is 44.2 Å². The maximum absolute atomic E-state index is 12.6. The molecule has 1 heterocycles. The van der Waals surface area contributed by atoms with E-state index in [1.54, 1.807) is 17.0 Å². The molecule has 28 heavy (non-hydrogen) atoms. The number of nitrogens with one attached hydrogen (secondary N) is 1. The van der Waals surface area contributed by atoms with E-state index in [-0.39, 0.29) is 11.6 Å². The van der Waals surface area contributed by atoms with Crippen LogP contribution in [-0.4, -0.2) is 48.6 Å². The normalized spacial score (nSPS) is 10.3. The minimum atomic E-state index is -0.495. The van der Waals surface area contributed by atoms with Gasteiger partial charge in [-0.05, 0) is 38.1 Å². The molecule has 2 aromatic rings. The molecule has 150 valence electrons. The van der Waals surface area contributed by atoms with E-state index in [1.807, 2.05) is 13.8 Å². The van der Waals surface area contributed by atoms with Gasteiger partial charge in [0, 0.05) is 31.9 Å².